The lowest BCUT2D eigenvalue weighted by atomic mass is 9.95. The Morgan fingerprint density at radius 3 is 2.94 bits per heavy atom. The van der Waals surface area contributed by atoms with Crippen molar-refractivity contribution in [2.75, 3.05) is 11.9 Å². The molecule has 1 heterocycles. The maximum absolute atomic E-state index is 4.47. The molecule has 0 amide bonds. The molecule has 0 aliphatic heterocycles. The molecule has 2 saturated carbocycles. The van der Waals surface area contributed by atoms with Crippen LogP contribution in [0.25, 0.3) is 0 Å². The van der Waals surface area contributed by atoms with Gasteiger partial charge in [0.2, 0.25) is 5.95 Å². The summed E-state index contributed by atoms with van der Waals surface area (Å²) in [5.41, 5.74) is 0. The molecular weight excluding hydrogens is 210 g/mol. The summed E-state index contributed by atoms with van der Waals surface area (Å²) in [5.74, 6) is 3.65. The Hall–Kier alpha value is -0.990. The minimum absolute atomic E-state index is 0.667. The van der Waals surface area contributed by atoms with Crippen molar-refractivity contribution in [1.82, 2.24) is 9.55 Å². The van der Waals surface area contributed by atoms with Crippen LogP contribution >= 0.6 is 0 Å². The molecule has 1 N–H and O–H groups in total. The molecule has 2 fully saturated rings. The lowest BCUT2D eigenvalue weighted by Gasteiger charge is -2.25. The van der Waals surface area contributed by atoms with Crippen LogP contribution in [0.2, 0.25) is 0 Å². The number of nitrogens with one attached hydrogen (secondary N) is 1. The van der Waals surface area contributed by atoms with Crippen LogP contribution < -0.4 is 5.32 Å². The summed E-state index contributed by atoms with van der Waals surface area (Å²) in [4.78, 5) is 4.47. The average molecular weight is 233 g/mol. The van der Waals surface area contributed by atoms with Gasteiger partial charge in [-0.3, -0.25) is 0 Å². The molecular formula is C14H23N3. The summed E-state index contributed by atoms with van der Waals surface area (Å²) in [6, 6.07) is 0.714. The lowest BCUT2D eigenvalue weighted by Crippen LogP contribution is -2.19. The minimum Gasteiger partial charge on any atom is -0.355 e. The van der Waals surface area contributed by atoms with E-state index < -0.39 is 0 Å². The molecule has 2 aliphatic rings. The van der Waals surface area contributed by atoms with Crippen LogP contribution in [0.3, 0.4) is 0 Å². The summed E-state index contributed by atoms with van der Waals surface area (Å²) >= 11 is 0. The zero-order valence-corrected chi connectivity index (χ0v) is 10.9. The van der Waals surface area contributed by atoms with Crippen molar-refractivity contribution in [3.63, 3.8) is 0 Å². The van der Waals surface area contributed by atoms with Crippen molar-refractivity contribution in [2.24, 2.45) is 17.8 Å². The van der Waals surface area contributed by atoms with Crippen LogP contribution in [0.5, 0.6) is 0 Å². The Morgan fingerprint density at radius 2 is 2.29 bits per heavy atom. The highest BCUT2D eigenvalue weighted by Crippen LogP contribution is 2.51. The predicted molar refractivity (Wildman–Crippen MR) is 70.0 cm³/mol. The molecule has 2 bridgehead atoms. The van der Waals surface area contributed by atoms with Gasteiger partial charge in [-0.1, -0.05) is 20.3 Å². The monoisotopic (exact) mass is 233 g/mol. The van der Waals surface area contributed by atoms with Crippen molar-refractivity contribution in [1.29, 1.82) is 0 Å². The van der Waals surface area contributed by atoms with Crippen LogP contribution in [-0.4, -0.2) is 16.1 Å². The van der Waals surface area contributed by atoms with Crippen LogP contribution in [0.4, 0.5) is 5.95 Å². The third-order valence-corrected chi connectivity index (χ3v) is 4.40. The largest absolute Gasteiger partial charge is 0.355 e. The molecule has 0 saturated heterocycles. The van der Waals surface area contributed by atoms with Gasteiger partial charge in [0, 0.05) is 25.0 Å². The van der Waals surface area contributed by atoms with Crippen LogP contribution in [0.15, 0.2) is 12.4 Å². The fraction of sp³-hybridized carbons (Fsp3) is 0.786. The molecule has 1 aromatic heterocycles. The van der Waals surface area contributed by atoms with Gasteiger partial charge in [0.15, 0.2) is 0 Å². The van der Waals surface area contributed by atoms with Gasteiger partial charge in [0.25, 0.3) is 0 Å². The molecule has 3 atom stereocenters. The highest BCUT2D eigenvalue weighted by Gasteiger charge is 2.40. The van der Waals surface area contributed by atoms with E-state index >= 15 is 0 Å². The molecule has 0 aromatic carbocycles. The third kappa shape index (κ3) is 2.07. The topological polar surface area (TPSA) is 29.9 Å². The second-order valence-electron chi connectivity index (χ2n) is 6.18. The van der Waals surface area contributed by atoms with E-state index in [0.717, 1.165) is 24.3 Å². The summed E-state index contributed by atoms with van der Waals surface area (Å²) < 4.78 is 2.40. The summed E-state index contributed by atoms with van der Waals surface area (Å²) in [6.45, 7) is 5.48. The van der Waals surface area contributed by atoms with Gasteiger partial charge in [-0.15, -0.1) is 0 Å². The second kappa shape index (κ2) is 4.35. The lowest BCUT2D eigenvalue weighted by molar-refractivity contribution is 0.332. The minimum atomic E-state index is 0.667. The van der Waals surface area contributed by atoms with E-state index in [1.54, 1.807) is 0 Å². The Balaban J connectivity index is 1.72. The molecule has 17 heavy (non-hydrogen) atoms. The summed E-state index contributed by atoms with van der Waals surface area (Å²) in [7, 11) is 0. The van der Waals surface area contributed by atoms with E-state index in [1.807, 2.05) is 6.20 Å². The van der Waals surface area contributed by atoms with Crippen molar-refractivity contribution in [3.8, 4) is 0 Å². The van der Waals surface area contributed by atoms with Gasteiger partial charge in [-0.2, -0.15) is 0 Å². The van der Waals surface area contributed by atoms with Gasteiger partial charge in [-0.25, -0.2) is 4.98 Å². The van der Waals surface area contributed by atoms with Gasteiger partial charge in [0.05, 0.1) is 0 Å². The standard InChI is InChI=1S/C14H23N3/c1-10(2)9-16-14-15-5-6-17(14)13-8-11-3-4-12(13)7-11/h5-6,10-13H,3-4,7-9H2,1-2H3,(H,15,16). The fourth-order valence-corrected chi connectivity index (χ4v) is 3.56. The third-order valence-electron chi connectivity index (χ3n) is 4.40. The molecule has 94 valence electrons. The number of imidazole rings is 1. The first kappa shape index (κ1) is 11.1. The quantitative estimate of drug-likeness (QED) is 0.864. The van der Waals surface area contributed by atoms with E-state index in [4.69, 9.17) is 0 Å². The molecule has 2 aliphatic carbocycles. The number of rotatable bonds is 4. The van der Waals surface area contributed by atoms with Gasteiger partial charge >= 0.3 is 0 Å². The zero-order chi connectivity index (χ0) is 11.8. The van der Waals surface area contributed by atoms with Crippen LogP contribution in [0, 0.1) is 17.8 Å². The number of anilines is 1. The Bertz CT molecular complexity index is 383. The first-order valence-electron chi connectivity index (χ1n) is 7.00. The zero-order valence-electron chi connectivity index (χ0n) is 10.9. The molecule has 3 unspecified atom stereocenters. The smallest absolute Gasteiger partial charge is 0.203 e. The Kier molecular flexibility index (Phi) is 2.85. The van der Waals surface area contributed by atoms with E-state index in [2.05, 4.69) is 34.9 Å². The number of aromatic nitrogens is 2. The summed E-state index contributed by atoms with van der Waals surface area (Å²) in [5, 5.41) is 3.48. The van der Waals surface area contributed by atoms with E-state index in [9.17, 15) is 0 Å². The second-order valence-corrected chi connectivity index (χ2v) is 6.18. The highest BCUT2D eigenvalue weighted by atomic mass is 15.2. The number of fused-ring (bicyclic) bond motifs is 2. The van der Waals surface area contributed by atoms with Gasteiger partial charge in [0.1, 0.15) is 0 Å². The molecule has 0 radical (unpaired) electrons. The number of nitrogens with zero attached hydrogens (tertiary/aromatic N) is 2. The molecule has 3 nitrogen and oxygen atoms in total. The summed E-state index contributed by atoms with van der Waals surface area (Å²) in [6.07, 6.45) is 9.81. The van der Waals surface area contributed by atoms with Crippen molar-refractivity contribution >= 4 is 5.95 Å². The molecule has 3 heteroatoms. The highest BCUT2D eigenvalue weighted by molar-refractivity contribution is 5.27. The first-order valence-corrected chi connectivity index (χ1v) is 7.00. The number of hydrogen-bond acceptors (Lipinski definition) is 2. The van der Waals surface area contributed by atoms with E-state index in [0.29, 0.717) is 12.0 Å². The van der Waals surface area contributed by atoms with Gasteiger partial charge < -0.3 is 9.88 Å². The fourth-order valence-electron chi connectivity index (χ4n) is 3.56. The van der Waals surface area contributed by atoms with E-state index in [-0.39, 0.29) is 0 Å². The van der Waals surface area contributed by atoms with Gasteiger partial charge in [-0.05, 0) is 37.0 Å². The average Bonchev–Trinajstić information content (AvgIpc) is 3.01. The van der Waals surface area contributed by atoms with E-state index in [1.165, 1.54) is 25.7 Å². The molecule has 3 rings (SSSR count). The van der Waals surface area contributed by atoms with Crippen LogP contribution in [-0.2, 0) is 0 Å². The SMILES string of the molecule is CC(C)CNc1nccn1C1CC2CCC1C2. The maximum Gasteiger partial charge on any atom is 0.203 e. The Labute approximate surface area is 104 Å². The molecule has 1 aromatic rings. The van der Waals surface area contributed by atoms with Crippen molar-refractivity contribution < 1.29 is 0 Å². The predicted octanol–water partition coefficient (Wildman–Crippen LogP) is 3.31. The maximum atomic E-state index is 4.47. The number of hydrogen-bond donors (Lipinski definition) is 1. The van der Waals surface area contributed by atoms with Crippen molar-refractivity contribution in [2.45, 2.75) is 45.6 Å². The molecule has 0 spiro atoms. The normalized spacial score (nSPS) is 31.4. The Morgan fingerprint density at radius 1 is 1.41 bits per heavy atom. The van der Waals surface area contributed by atoms with Crippen LogP contribution in [0.1, 0.15) is 45.6 Å². The first-order chi connectivity index (χ1) is 8.24. The van der Waals surface area contributed by atoms with Crippen molar-refractivity contribution in [3.05, 3.63) is 12.4 Å².